The highest BCUT2D eigenvalue weighted by atomic mass is 35.5. The van der Waals surface area contributed by atoms with E-state index < -0.39 is 18.0 Å². The molecule has 1 atom stereocenters. The van der Waals surface area contributed by atoms with E-state index >= 15 is 0 Å². The molecule has 1 amide bonds. The van der Waals surface area contributed by atoms with Crippen LogP contribution in [0.2, 0.25) is 5.02 Å². The third-order valence-corrected chi connectivity index (χ3v) is 3.12. The molecule has 0 aliphatic heterocycles. The van der Waals surface area contributed by atoms with E-state index in [2.05, 4.69) is 5.32 Å². The normalized spacial score (nSPS) is 11.5. The molecule has 0 unspecified atom stereocenters. The number of anilines is 1. The van der Waals surface area contributed by atoms with Crippen LogP contribution in [-0.4, -0.2) is 18.0 Å². The Balaban J connectivity index is 1.97. The first-order valence-corrected chi connectivity index (χ1v) is 6.77. The Morgan fingerprint density at radius 3 is 2.33 bits per heavy atom. The van der Waals surface area contributed by atoms with E-state index in [9.17, 15) is 9.59 Å². The summed E-state index contributed by atoms with van der Waals surface area (Å²) in [6, 6.07) is 15.4. The highest BCUT2D eigenvalue weighted by molar-refractivity contribution is 6.33. The molecule has 4 nitrogen and oxygen atoms in total. The number of hydrogen-bond acceptors (Lipinski definition) is 3. The number of amides is 1. The Labute approximate surface area is 127 Å². The minimum absolute atomic E-state index is 0.398. The molecular weight excluding hydrogens is 290 g/mol. The second-order valence-corrected chi connectivity index (χ2v) is 4.79. The first-order chi connectivity index (χ1) is 10.1. The molecule has 0 aliphatic carbocycles. The van der Waals surface area contributed by atoms with Gasteiger partial charge in [0.05, 0.1) is 16.3 Å². The van der Waals surface area contributed by atoms with Gasteiger partial charge in [-0.3, -0.25) is 4.79 Å². The summed E-state index contributed by atoms with van der Waals surface area (Å²) < 4.78 is 5.12. The highest BCUT2D eigenvalue weighted by Gasteiger charge is 2.19. The molecular formula is C16H14ClNO3. The zero-order valence-corrected chi connectivity index (χ0v) is 12.1. The topological polar surface area (TPSA) is 55.4 Å². The van der Waals surface area contributed by atoms with Gasteiger partial charge in [-0.25, -0.2) is 4.79 Å². The van der Waals surface area contributed by atoms with Gasteiger partial charge in [-0.15, -0.1) is 0 Å². The fourth-order valence-corrected chi connectivity index (χ4v) is 1.84. The quantitative estimate of drug-likeness (QED) is 0.879. The summed E-state index contributed by atoms with van der Waals surface area (Å²) in [5.41, 5.74) is 0.877. The first kappa shape index (κ1) is 15.1. The molecule has 0 fully saturated rings. The summed E-state index contributed by atoms with van der Waals surface area (Å²) in [6.07, 6.45) is -0.922. The van der Waals surface area contributed by atoms with E-state index in [1.807, 2.05) is 0 Å². The number of benzene rings is 2. The highest BCUT2D eigenvalue weighted by Crippen LogP contribution is 2.20. The summed E-state index contributed by atoms with van der Waals surface area (Å²) in [7, 11) is 0. The van der Waals surface area contributed by atoms with Crippen LogP contribution in [0.3, 0.4) is 0 Å². The molecule has 0 bridgehead atoms. The van der Waals surface area contributed by atoms with Crippen molar-refractivity contribution >= 4 is 29.2 Å². The summed E-state index contributed by atoms with van der Waals surface area (Å²) >= 11 is 5.95. The maximum atomic E-state index is 12.0. The number of rotatable bonds is 4. The molecule has 2 aromatic rings. The molecule has 0 heterocycles. The van der Waals surface area contributed by atoms with E-state index in [1.54, 1.807) is 54.6 Å². The molecule has 0 saturated carbocycles. The number of esters is 1. The maximum absolute atomic E-state index is 12.0. The van der Waals surface area contributed by atoms with Gasteiger partial charge < -0.3 is 10.1 Å². The molecule has 2 aromatic carbocycles. The van der Waals surface area contributed by atoms with Crippen molar-refractivity contribution in [2.45, 2.75) is 13.0 Å². The summed E-state index contributed by atoms with van der Waals surface area (Å²) in [5, 5.41) is 3.04. The average Bonchev–Trinajstić information content (AvgIpc) is 2.50. The molecule has 0 spiro atoms. The van der Waals surface area contributed by atoms with E-state index in [4.69, 9.17) is 16.3 Å². The van der Waals surface area contributed by atoms with Crippen molar-refractivity contribution in [2.24, 2.45) is 0 Å². The van der Waals surface area contributed by atoms with E-state index in [0.717, 1.165) is 0 Å². The van der Waals surface area contributed by atoms with Gasteiger partial charge in [0.2, 0.25) is 0 Å². The largest absolute Gasteiger partial charge is 0.449 e. The van der Waals surface area contributed by atoms with Crippen molar-refractivity contribution in [3.05, 3.63) is 65.2 Å². The van der Waals surface area contributed by atoms with Gasteiger partial charge in [-0.2, -0.15) is 0 Å². The van der Waals surface area contributed by atoms with Crippen LogP contribution in [-0.2, 0) is 9.53 Å². The predicted octanol–water partition coefficient (Wildman–Crippen LogP) is 3.52. The van der Waals surface area contributed by atoms with Crippen molar-refractivity contribution < 1.29 is 14.3 Å². The SMILES string of the molecule is C[C@@H](OC(=O)c1ccccc1)C(=O)Nc1ccccc1Cl. The molecule has 0 aliphatic rings. The maximum Gasteiger partial charge on any atom is 0.338 e. The van der Waals surface area contributed by atoms with Crippen LogP contribution in [0.15, 0.2) is 54.6 Å². The van der Waals surface area contributed by atoms with E-state index in [-0.39, 0.29) is 0 Å². The summed E-state index contributed by atoms with van der Waals surface area (Å²) in [6.45, 7) is 1.51. The summed E-state index contributed by atoms with van der Waals surface area (Å²) in [5.74, 6) is -0.982. The lowest BCUT2D eigenvalue weighted by Crippen LogP contribution is -2.30. The Hall–Kier alpha value is -2.33. The minimum Gasteiger partial charge on any atom is -0.449 e. The molecule has 1 N–H and O–H groups in total. The van der Waals surface area contributed by atoms with Crippen molar-refractivity contribution in [3.63, 3.8) is 0 Å². The Morgan fingerprint density at radius 2 is 1.67 bits per heavy atom. The molecule has 0 saturated heterocycles. The van der Waals surface area contributed by atoms with Crippen molar-refractivity contribution in [2.75, 3.05) is 5.32 Å². The van der Waals surface area contributed by atoms with Crippen LogP contribution in [0.1, 0.15) is 17.3 Å². The molecule has 5 heteroatoms. The number of para-hydroxylation sites is 1. The van der Waals surface area contributed by atoms with Crippen LogP contribution >= 0.6 is 11.6 Å². The van der Waals surface area contributed by atoms with Gasteiger partial charge in [-0.05, 0) is 31.2 Å². The van der Waals surface area contributed by atoms with Crippen molar-refractivity contribution in [1.82, 2.24) is 0 Å². The van der Waals surface area contributed by atoms with E-state index in [1.165, 1.54) is 6.92 Å². The lowest BCUT2D eigenvalue weighted by Gasteiger charge is -2.14. The minimum atomic E-state index is -0.922. The van der Waals surface area contributed by atoms with Crippen molar-refractivity contribution in [1.29, 1.82) is 0 Å². The Kier molecular flexibility index (Phi) is 4.95. The Morgan fingerprint density at radius 1 is 1.05 bits per heavy atom. The molecule has 0 radical (unpaired) electrons. The van der Waals surface area contributed by atoms with Gasteiger partial charge in [0.15, 0.2) is 6.10 Å². The predicted molar refractivity (Wildman–Crippen MR) is 81.4 cm³/mol. The van der Waals surface area contributed by atoms with Gasteiger partial charge in [-0.1, -0.05) is 41.9 Å². The zero-order valence-electron chi connectivity index (χ0n) is 11.4. The van der Waals surface area contributed by atoms with Crippen LogP contribution in [0.4, 0.5) is 5.69 Å². The second kappa shape index (κ2) is 6.90. The average molecular weight is 304 g/mol. The summed E-state index contributed by atoms with van der Waals surface area (Å²) in [4.78, 5) is 23.8. The van der Waals surface area contributed by atoms with Gasteiger partial charge in [0.25, 0.3) is 5.91 Å². The van der Waals surface area contributed by atoms with Crippen LogP contribution in [0.25, 0.3) is 0 Å². The third kappa shape index (κ3) is 4.07. The van der Waals surface area contributed by atoms with Gasteiger partial charge >= 0.3 is 5.97 Å². The van der Waals surface area contributed by atoms with Crippen LogP contribution < -0.4 is 5.32 Å². The second-order valence-electron chi connectivity index (χ2n) is 4.38. The number of ether oxygens (including phenoxy) is 1. The van der Waals surface area contributed by atoms with Crippen LogP contribution in [0.5, 0.6) is 0 Å². The number of nitrogens with one attached hydrogen (secondary N) is 1. The molecule has 0 aromatic heterocycles. The molecule has 21 heavy (non-hydrogen) atoms. The number of carbonyl (C=O) groups excluding carboxylic acids is 2. The van der Waals surface area contributed by atoms with Crippen LogP contribution in [0, 0.1) is 0 Å². The Bertz CT molecular complexity index is 643. The zero-order chi connectivity index (χ0) is 15.2. The fraction of sp³-hybridized carbons (Fsp3) is 0.125. The number of hydrogen-bond donors (Lipinski definition) is 1. The third-order valence-electron chi connectivity index (χ3n) is 2.79. The van der Waals surface area contributed by atoms with E-state index in [0.29, 0.717) is 16.3 Å². The fourth-order valence-electron chi connectivity index (χ4n) is 1.65. The monoisotopic (exact) mass is 303 g/mol. The number of halogens is 1. The number of carbonyl (C=O) groups is 2. The molecule has 108 valence electrons. The van der Waals surface area contributed by atoms with Gasteiger partial charge in [0, 0.05) is 0 Å². The van der Waals surface area contributed by atoms with Gasteiger partial charge in [0.1, 0.15) is 0 Å². The first-order valence-electron chi connectivity index (χ1n) is 6.39. The lowest BCUT2D eigenvalue weighted by molar-refractivity contribution is -0.123. The van der Waals surface area contributed by atoms with Crippen molar-refractivity contribution in [3.8, 4) is 0 Å². The standard InChI is InChI=1S/C16H14ClNO3/c1-11(21-16(20)12-7-3-2-4-8-12)15(19)18-14-10-6-5-9-13(14)17/h2-11H,1H3,(H,18,19)/t11-/m1/s1. The smallest absolute Gasteiger partial charge is 0.338 e. The molecule has 2 rings (SSSR count). The lowest BCUT2D eigenvalue weighted by atomic mass is 10.2.